The van der Waals surface area contributed by atoms with Crippen molar-refractivity contribution in [3.63, 3.8) is 0 Å². The van der Waals surface area contributed by atoms with Gasteiger partial charge in [-0.05, 0) is 12.0 Å². The van der Waals surface area contributed by atoms with Gasteiger partial charge in [-0.15, -0.1) is 0 Å². The Bertz CT molecular complexity index is 382. The molecule has 0 heterocycles. The number of anilines is 3. The number of nitrogen functional groups attached to an aromatic ring is 2. The molecule has 1 atom stereocenters. The van der Waals surface area contributed by atoms with E-state index in [0.717, 1.165) is 6.42 Å². The van der Waals surface area contributed by atoms with Gasteiger partial charge in [-0.3, -0.25) is 0 Å². The number of rotatable bonds is 4. The Labute approximate surface area is 100.0 Å². The van der Waals surface area contributed by atoms with Crippen molar-refractivity contribution in [2.45, 2.75) is 20.3 Å². The Morgan fingerprint density at radius 3 is 2.62 bits per heavy atom. The van der Waals surface area contributed by atoms with Crippen molar-refractivity contribution in [3.05, 3.63) is 16.9 Å². The fourth-order valence-corrected chi connectivity index (χ4v) is 1.42. The third-order valence-electron chi connectivity index (χ3n) is 2.59. The van der Waals surface area contributed by atoms with Crippen LogP contribution in [-0.2, 0) is 0 Å². The standard InChI is InChI=1S/C11H17ClFN3/c1-3-6(2)5-16-11-8(15)4-7(14)9(12)10(11)13/h4,6,16H,3,5,14-15H2,1-2H3. The molecule has 5 N–H and O–H groups in total. The van der Waals surface area contributed by atoms with Crippen molar-refractivity contribution >= 4 is 28.7 Å². The van der Waals surface area contributed by atoms with Crippen molar-refractivity contribution in [2.75, 3.05) is 23.3 Å². The smallest absolute Gasteiger partial charge is 0.169 e. The normalized spacial score (nSPS) is 12.5. The van der Waals surface area contributed by atoms with Crippen molar-refractivity contribution in [1.82, 2.24) is 0 Å². The summed E-state index contributed by atoms with van der Waals surface area (Å²) in [6.07, 6.45) is 1.01. The summed E-state index contributed by atoms with van der Waals surface area (Å²) in [5.74, 6) is -0.141. The molecule has 0 aliphatic heterocycles. The molecule has 0 spiro atoms. The van der Waals surface area contributed by atoms with Crippen LogP contribution in [0.3, 0.4) is 0 Å². The first kappa shape index (κ1) is 12.9. The number of hydrogen-bond donors (Lipinski definition) is 3. The van der Waals surface area contributed by atoms with Crippen LogP contribution in [0.5, 0.6) is 0 Å². The van der Waals surface area contributed by atoms with Gasteiger partial charge in [0.2, 0.25) is 0 Å². The maximum Gasteiger partial charge on any atom is 0.169 e. The SMILES string of the molecule is CCC(C)CNc1c(N)cc(N)c(Cl)c1F. The Morgan fingerprint density at radius 2 is 2.06 bits per heavy atom. The minimum Gasteiger partial charge on any atom is -0.397 e. The molecule has 90 valence electrons. The van der Waals surface area contributed by atoms with Gasteiger partial charge >= 0.3 is 0 Å². The zero-order valence-electron chi connectivity index (χ0n) is 9.48. The highest BCUT2D eigenvalue weighted by Crippen LogP contribution is 2.33. The second kappa shape index (κ2) is 5.25. The molecular formula is C11H17ClFN3. The first-order chi connectivity index (χ1) is 7.47. The molecule has 0 aromatic heterocycles. The van der Waals surface area contributed by atoms with Crippen molar-refractivity contribution in [1.29, 1.82) is 0 Å². The lowest BCUT2D eigenvalue weighted by atomic mass is 10.1. The van der Waals surface area contributed by atoms with Crippen molar-refractivity contribution in [3.8, 4) is 0 Å². The predicted molar refractivity (Wildman–Crippen MR) is 68.2 cm³/mol. The number of benzene rings is 1. The Balaban J connectivity index is 2.92. The summed E-state index contributed by atoms with van der Waals surface area (Å²) in [7, 11) is 0. The van der Waals surface area contributed by atoms with Crippen LogP contribution in [0.15, 0.2) is 6.07 Å². The molecule has 1 unspecified atom stereocenters. The predicted octanol–water partition coefficient (Wildman–Crippen LogP) is 3.10. The molecule has 0 bridgehead atoms. The summed E-state index contributed by atoms with van der Waals surface area (Å²) in [5, 5.41) is 2.88. The molecule has 1 aromatic carbocycles. The minimum atomic E-state index is -0.581. The first-order valence-corrected chi connectivity index (χ1v) is 5.62. The molecule has 0 radical (unpaired) electrons. The monoisotopic (exact) mass is 245 g/mol. The van der Waals surface area contributed by atoms with Crippen LogP contribution in [0.2, 0.25) is 5.02 Å². The Hall–Kier alpha value is -1.16. The van der Waals surface area contributed by atoms with Gasteiger partial charge in [0.15, 0.2) is 5.82 Å². The summed E-state index contributed by atoms with van der Waals surface area (Å²) in [5.41, 5.74) is 11.8. The average molecular weight is 246 g/mol. The van der Waals surface area contributed by atoms with Crippen LogP contribution in [-0.4, -0.2) is 6.54 Å². The second-order valence-corrected chi connectivity index (χ2v) is 4.33. The van der Waals surface area contributed by atoms with E-state index in [-0.39, 0.29) is 22.1 Å². The Kier molecular flexibility index (Phi) is 4.24. The number of halogens is 2. The van der Waals surface area contributed by atoms with Crippen molar-refractivity contribution < 1.29 is 4.39 Å². The van der Waals surface area contributed by atoms with Crippen LogP contribution in [0, 0.1) is 11.7 Å². The summed E-state index contributed by atoms with van der Waals surface area (Å²) >= 11 is 5.71. The van der Waals surface area contributed by atoms with Crippen LogP contribution in [0.25, 0.3) is 0 Å². The van der Waals surface area contributed by atoms with Gasteiger partial charge in [0.25, 0.3) is 0 Å². The number of nitrogens with two attached hydrogens (primary N) is 2. The van der Waals surface area contributed by atoms with E-state index in [2.05, 4.69) is 19.2 Å². The maximum atomic E-state index is 13.7. The average Bonchev–Trinajstić information content (AvgIpc) is 2.25. The third-order valence-corrected chi connectivity index (χ3v) is 2.97. The van der Waals surface area contributed by atoms with E-state index in [0.29, 0.717) is 12.5 Å². The molecule has 3 nitrogen and oxygen atoms in total. The lowest BCUT2D eigenvalue weighted by Crippen LogP contribution is -2.13. The van der Waals surface area contributed by atoms with Crippen LogP contribution < -0.4 is 16.8 Å². The molecule has 5 heteroatoms. The molecule has 1 aromatic rings. The van der Waals surface area contributed by atoms with Gasteiger partial charge in [-0.1, -0.05) is 31.9 Å². The van der Waals surface area contributed by atoms with E-state index in [1.165, 1.54) is 6.07 Å². The third kappa shape index (κ3) is 2.70. The summed E-state index contributed by atoms with van der Waals surface area (Å²) < 4.78 is 13.7. The first-order valence-electron chi connectivity index (χ1n) is 5.24. The molecule has 0 amide bonds. The lowest BCUT2D eigenvalue weighted by molar-refractivity contribution is 0.586. The van der Waals surface area contributed by atoms with E-state index < -0.39 is 5.82 Å². The zero-order valence-corrected chi connectivity index (χ0v) is 10.2. The zero-order chi connectivity index (χ0) is 12.3. The van der Waals surface area contributed by atoms with E-state index >= 15 is 0 Å². The molecule has 0 fully saturated rings. The highest BCUT2D eigenvalue weighted by Gasteiger charge is 2.14. The topological polar surface area (TPSA) is 64.1 Å². The van der Waals surface area contributed by atoms with Gasteiger partial charge < -0.3 is 16.8 Å². The van der Waals surface area contributed by atoms with Gasteiger partial charge in [-0.25, -0.2) is 4.39 Å². The molecule has 0 aliphatic rings. The molecule has 0 aliphatic carbocycles. The fourth-order valence-electron chi connectivity index (χ4n) is 1.27. The summed E-state index contributed by atoms with van der Waals surface area (Å²) in [4.78, 5) is 0. The number of hydrogen-bond acceptors (Lipinski definition) is 3. The van der Waals surface area contributed by atoms with Crippen LogP contribution in [0.4, 0.5) is 21.5 Å². The van der Waals surface area contributed by atoms with Crippen molar-refractivity contribution in [2.24, 2.45) is 5.92 Å². The molecule has 0 saturated carbocycles. The van der Waals surface area contributed by atoms with Crippen LogP contribution >= 0.6 is 11.6 Å². The Morgan fingerprint density at radius 1 is 1.44 bits per heavy atom. The van der Waals surface area contributed by atoms with E-state index in [1.54, 1.807) is 0 Å². The molecule has 16 heavy (non-hydrogen) atoms. The molecule has 0 saturated heterocycles. The van der Waals surface area contributed by atoms with E-state index in [1.807, 2.05) is 0 Å². The van der Waals surface area contributed by atoms with Gasteiger partial charge in [0.05, 0.1) is 17.1 Å². The van der Waals surface area contributed by atoms with E-state index in [4.69, 9.17) is 23.1 Å². The molecular weight excluding hydrogens is 229 g/mol. The highest BCUT2D eigenvalue weighted by molar-refractivity contribution is 6.33. The quantitative estimate of drug-likeness (QED) is 0.715. The fraction of sp³-hybridized carbons (Fsp3) is 0.455. The maximum absolute atomic E-state index is 13.7. The highest BCUT2D eigenvalue weighted by atomic mass is 35.5. The molecule has 1 rings (SSSR count). The minimum absolute atomic E-state index is 0.0825. The van der Waals surface area contributed by atoms with Gasteiger partial charge in [-0.2, -0.15) is 0 Å². The lowest BCUT2D eigenvalue weighted by Gasteiger charge is -2.15. The van der Waals surface area contributed by atoms with Gasteiger partial charge in [0.1, 0.15) is 5.02 Å². The largest absolute Gasteiger partial charge is 0.397 e. The summed E-state index contributed by atoms with van der Waals surface area (Å²) in [6.45, 7) is 4.79. The summed E-state index contributed by atoms with van der Waals surface area (Å²) in [6, 6.07) is 1.46. The second-order valence-electron chi connectivity index (χ2n) is 3.95. The van der Waals surface area contributed by atoms with Gasteiger partial charge in [0, 0.05) is 6.54 Å². The van der Waals surface area contributed by atoms with E-state index in [9.17, 15) is 4.39 Å². The number of nitrogens with one attached hydrogen (secondary N) is 1. The van der Waals surface area contributed by atoms with Crippen LogP contribution in [0.1, 0.15) is 20.3 Å².